The smallest absolute Gasteiger partial charge is 0.317 e. The predicted molar refractivity (Wildman–Crippen MR) is 93.4 cm³/mol. The minimum Gasteiger partial charge on any atom is -0.338 e. The van der Waals surface area contributed by atoms with Gasteiger partial charge in [-0.2, -0.15) is 0 Å². The number of urea groups is 1. The van der Waals surface area contributed by atoms with Gasteiger partial charge in [0.1, 0.15) is 0 Å². The third kappa shape index (κ3) is 5.61. The Labute approximate surface area is 138 Å². The highest BCUT2D eigenvalue weighted by Gasteiger charge is 2.20. The van der Waals surface area contributed by atoms with Gasteiger partial charge in [-0.15, -0.1) is 11.3 Å². The second kappa shape index (κ2) is 8.53. The summed E-state index contributed by atoms with van der Waals surface area (Å²) in [6.07, 6.45) is 3.43. The summed E-state index contributed by atoms with van der Waals surface area (Å²) in [6.45, 7) is 6.11. The maximum atomic E-state index is 12.2. The van der Waals surface area contributed by atoms with Crippen molar-refractivity contribution >= 4 is 17.4 Å². The Morgan fingerprint density at radius 2 is 2.23 bits per heavy atom. The first-order valence-electron chi connectivity index (χ1n) is 8.24. The quantitative estimate of drug-likeness (QED) is 0.874. The summed E-state index contributed by atoms with van der Waals surface area (Å²) in [5.41, 5.74) is 0. The average molecular weight is 324 g/mol. The number of nitrogens with one attached hydrogen (secondary N) is 1. The molecule has 1 aliphatic heterocycles. The number of likely N-dealkylation sites (tertiary alicyclic amines) is 1. The van der Waals surface area contributed by atoms with Gasteiger partial charge in [-0.3, -0.25) is 0 Å². The molecule has 0 saturated carbocycles. The number of carbonyl (C=O) groups excluding carboxylic acids is 1. The number of thiophene rings is 1. The molecule has 5 heteroatoms. The lowest BCUT2D eigenvalue weighted by molar-refractivity contribution is 0.169. The Morgan fingerprint density at radius 1 is 1.50 bits per heavy atom. The van der Waals surface area contributed by atoms with Crippen LogP contribution in [0.3, 0.4) is 0 Å². The molecule has 124 valence electrons. The van der Waals surface area contributed by atoms with Crippen molar-refractivity contribution in [3.63, 3.8) is 0 Å². The molecule has 1 saturated heterocycles. The molecule has 1 N–H and O–H groups in total. The maximum Gasteiger partial charge on any atom is 0.317 e. The van der Waals surface area contributed by atoms with Gasteiger partial charge >= 0.3 is 6.03 Å². The highest BCUT2D eigenvalue weighted by Crippen LogP contribution is 2.17. The van der Waals surface area contributed by atoms with Crippen LogP contribution in [0.2, 0.25) is 0 Å². The number of carbonyl (C=O) groups is 1. The molecular formula is C17H29N3OS. The van der Waals surface area contributed by atoms with Crippen LogP contribution in [0.5, 0.6) is 0 Å². The summed E-state index contributed by atoms with van der Waals surface area (Å²) in [5.74, 6) is 1.12. The van der Waals surface area contributed by atoms with E-state index < -0.39 is 0 Å². The number of nitrogens with zero attached hydrogens (tertiary/aromatic N) is 2. The normalized spacial score (nSPS) is 18.1. The molecule has 1 aliphatic rings. The van der Waals surface area contributed by atoms with Crippen LogP contribution < -0.4 is 5.32 Å². The van der Waals surface area contributed by atoms with Crippen molar-refractivity contribution < 1.29 is 4.79 Å². The van der Waals surface area contributed by atoms with Gasteiger partial charge in [-0.25, -0.2) is 4.79 Å². The van der Waals surface area contributed by atoms with E-state index in [1.54, 1.807) is 11.3 Å². The predicted octanol–water partition coefficient (Wildman–Crippen LogP) is 2.91. The van der Waals surface area contributed by atoms with Gasteiger partial charge in [0.25, 0.3) is 0 Å². The third-order valence-corrected chi connectivity index (χ3v) is 5.35. The van der Waals surface area contributed by atoms with Crippen LogP contribution in [-0.4, -0.2) is 56.1 Å². The first-order chi connectivity index (χ1) is 10.5. The molecule has 1 atom stereocenters. The van der Waals surface area contributed by atoms with E-state index in [1.807, 2.05) is 11.9 Å². The summed E-state index contributed by atoms with van der Waals surface area (Å²) in [7, 11) is 4.08. The van der Waals surface area contributed by atoms with Crippen molar-refractivity contribution in [2.45, 2.75) is 26.2 Å². The van der Waals surface area contributed by atoms with Crippen molar-refractivity contribution in [2.24, 2.45) is 11.8 Å². The minimum absolute atomic E-state index is 0.0666. The van der Waals surface area contributed by atoms with Crippen molar-refractivity contribution in [1.82, 2.24) is 15.1 Å². The molecule has 1 aromatic heterocycles. The van der Waals surface area contributed by atoms with Crippen LogP contribution in [0.4, 0.5) is 4.79 Å². The third-order valence-electron chi connectivity index (χ3n) is 4.45. The van der Waals surface area contributed by atoms with Crippen molar-refractivity contribution in [3.05, 3.63) is 22.4 Å². The van der Waals surface area contributed by atoms with E-state index in [9.17, 15) is 4.79 Å². The number of hydrogen-bond donors (Lipinski definition) is 1. The molecule has 2 rings (SSSR count). The largest absolute Gasteiger partial charge is 0.338 e. The summed E-state index contributed by atoms with van der Waals surface area (Å²) >= 11 is 1.79. The van der Waals surface area contributed by atoms with Gasteiger partial charge in [0.05, 0.1) is 0 Å². The Hall–Kier alpha value is -1.07. The molecule has 0 aliphatic carbocycles. The molecule has 0 spiro atoms. The summed E-state index contributed by atoms with van der Waals surface area (Å²) in [4.78, 5) is 17.8. The van der Waals surface area contributed by atoms with E-state index in [0.717, 1.165) is 32.6 Å². The number of piperidine rings is 1. The fourth-order valence-electron chi connectivity index (χ4n) is 2.96. The summed E-state index contributed by atoms with van der Waals surface area (Å²) < 4.78 is 0. The van der Waals surface area contributed by atoms with E-state index in [0.29, 0.717) is 11.8 Å². The topological polar surface area (TPSA) is 35.6 Å². The lowest BCUT2D eigenvalue weighted by Gasteiger charge is -2.31. The highest BCUT2D eigenvalue weighted by molar-refractivity contribution is 7.09. The minimum atomic E-state index is 0.0666. The fourth-order valence-corrected chi connectivity index (χ4v) is 3.83. The molecule has 0 aromatic carbocycles. The molecule has 1 fully saturated rings. The van der Waals surface area contributed by atoms with Crippen molar-refractivity contribution in [1.29, 1.82) is 0 Å². The Morgan fingerprint density at radius 3 is 2.86 bits per heavy atom. The first-order valence-corrected chi connectivity index (χ1v) is 9.12. The Kier molecular flexibility index (Phi) is 6.70. The molecule has 1 aromatic rings. The Balaban J connectivity index is 1.65. The van der Waals surface area contributed by atoms with Crippen LogP contribution >= 0.6 is 11.3 Å². The van der Waals surface area contributed by atoms with E-state index in [-0.39, 0.29) is 6.03 Å². The number of rotatable bonds is 6. The fraction of sp³-hybridized carbons (Fsp3) is 0.706. The molecule has 0 bridgehead atoms. The first kappa shape index (κ1) is 17.3. The van der Waals surface area contributed by atoms with Crippen LogP contribution in [0.15, 0.2) is 17.5 Å². The van der Waals surface area contributed by atoms with E-state index in [2.05, 4.69) is 41.7 Å². The zero-order chi connectivity index (χ0) is 15.9. The molecule has 4 nitrogen and oxygen atoms in total. The lowest BCUT2D eigenvalue weighted by atomic mass is 9.97. The molecule has 2 heterocycles. The van der Waals surface area contributed by atoms with E-state index in [1.165, 1.54) is 17.7 Å². The molecule has 0 unspecified atom stereocenters. The van der Waals surface area contributed by atoms with Crippen LogP contribution in [0.25, 0.3) is 0 Å². The van der Waals surface area contributed by atoms with Crippen LogP contribution in [0, 0.1) is 11.8 Å². The molecule has 22 heavy (non-hydrogen) atoms. The van der Waals surface area contributed by atoms with E-state index in [4.69, 9.17) is 0 Å². The average Bonchev–Trinajstić information content (AvgIpc) is 3.00. The van der Waals surface area contributed by atoms with Crippen LogP contribution in [-0.2, 0) is 6.42 Å². The molecule has 2 amide bonds. The SMILES string of the molecule is C[C@H](CNC(=O)N(C)CC1CCN(C)CC1)Cc1cccs1. The maximum absolute atomic E-state index is 12.2. The monoisotopic (exact) mass is 323 g/mol. The zero-order valence-corrected chi connectivity index (χ0v) is 14.9. The van der Waals surface area contributed by atoms with Gasteiger partial charge in [-0.1, -0.05) is 13.0 Å². The highest BCUT2D eigenvalue weighted by atomic mass is 32.1. The lowest BCUT2D eigenvalue weighted by Crippen LogP contribution is -2.43. The zero-order valence-electron chi connectivity index (χ0n) is 14.0. The Bertz CT molecular complexity index is 441. The van der Waals surface area contributed by atoms with Gasteiger partial charge in [0, 0.05) is 25.0 Å². The van der Waals surface area contributed by atoms with Gasteiger partial charge in [0.2, 0.25) is 0 Å². The van der Waals surface area contributed by atoms with E-state index >= 15 is 0 Å². The van der Waals surface area contributed by atoms with Crippen molar-refractivity contribution in [3.8, 4) is 0 Å². The van der Waals surface area contributed by atoms with Crippen molar-refractivity contribution in [2.75, 3.05) is 40.3 Å². The second-order valence-corrected chi connectivity index (χ2v) is 7.73. The van der Waals surface area contributed by atoms with Gasteiger partial charge < -0.3 is 15.1 Å². The molecule has 0 radical (unpaired) electrons. The summed E-state index contributed by atoms with van der Waals surface area (Å²) in [5, 5.41) is 5.18. The molecular weight excluding hydrogens is 294 g/mol. The second-order valence-electron chi connectivity index (χ2n) is 6.70. The van der Waals surface area contributed by atoms with Gasteiger partial charge in [-0.05, 0) is 62.7 Å². The number of amides is 2. The standard InChI is InChI=1S/C17H29N3OS/c1-14(11-16-5-4-10-22-16)12-18-17(21)20(3)13-15-6-8-19(2)9-7-15/h4-5,10,14-15H,6-9,11-13H2,1-3H3,(H,18,21)/t14-/m0/s1. The summed E-state index contributed by atoms with van der Waals surface area (Å²) in [6, 6.07) is 4.31. The number of hydrogen-bond acceptors (Lipinski definition) is 3. The van der Waals surface area contributed by atoms with Gasteiger partial charge in [0.15, 0.2) is 0 Å². The van der Waals surface area contributed by atoms with Crippen LogP contribution in [0.1, 0.15) is 24.6 Å².